The van der Waals surface area contributed by atoms with Gasteiger partial charge in [-0.25, -0.2) is 0 Å². The molecule has 3 heteroatoms. The molecule has 0 N–H and O–H groups in total. The zero-order chi connectivity index (χ0) is 18.3. The number of likely N-dealkylation sites (tertiary alicyclic amines) is 1. The number of unbranched alkanes of at least 4 members (excludes halogenated alkanes) is 1. The first-order valence-corrected chi connectivity index (χ1v) is 9.89. The van der Waals surface area contributed by atoms with E-state index in [-0.39, 0.29) is 11.5 Å². The number of benzene rings is 1. The lowest BCUT2D eigenvalue weighted by Crippen LogP contribution is -2.46. The van der Waals surface area contributed by atoms with Gasteiger partial charge in [0.05, 0.1) is 18.6 Å². The van der Waals surface area contributed by atoms with Crippen molar-refractivity contribution in [3.63, 3.8) is 0 Å². The highest BCUT2D eigenvalue weighted by Gasteiger charge is 2.31. The number of rotatable bonds is 7. The smallest absolute Gasteiger partial charge is 0.225 e. The van der Waals surface area contributed by atoms with Crippen molar-refractivity contribution in [2.24, 2.45) is 0 Å². The largest absolute Gasteiger partial charge is 0.375 e. The molecule has 0 aromatic heterocycles. The van der Waals surface area contributed by atoms with Gasteiger partial charge in [-0.2, -0.15) is 0 Å². The van der Waals surface area contributed by atoms with E-state index in [9.17, 15) is 4.79 Å². The summed E-state index contributed by atoms with van der Waals surface area (Å²) in [6, 6.07) is 11.2. The van der Waals surface area contributed by atoms with Gasteiger partial charge in [0.15, 0.2) is 0 Å². The first-order chi connectivity index (χ1) is 11.9. The third-order valence-electron chi connectivity index (χ3n) is 5.05. The summed E-state index contributed by atoms with van der Waals surface area (Å²) in [7, 11) is 0. The van der Waals surface area contributed by atoms with Gasteiger partial charge in [0.2, 0.25) is 5.91 Å². The molecule has 0 radical (unpaired) electrons. The van der Waals surface area contributed by atoms with Crippen molar-refractivity contribution in [1.82, 2.24) is 4.90 Å². The Kier molecular flexibility index (Phi) is 7.49. The zero-order valence-corrected chi connectivity index (χ0v) is 16.5. The summed E-state index contributed by atoms with van der Waals surface area (Å²) in [4.78, 5) is 14.9. The molecular weight excluding hydrogens is 310 g/mol. The summed E-state index contributed by atoms with van der Waals surface area (Å²) in [5.41, 5.74) is 1.24. The average Bonchev–Trinajstić information content (AvgIpc) is 2.59. The number of nitrogens with zero attached hydrogens (tertiary/aromatic N) is 1. The first-order valence-electron chi connectivity index (χ1n) is 9.89. The Bertz CT molecular complexity index is 521. The molecular formula is C22H35NO2. The third-order valence-corrected chi connectivity index (χ3v) is 5.05. The van der Waals surface area contributed by atoms with Gasteiger partial charge in [0.25, 0.3) is 0 Å². The van der Waals surface area contributed by atoms with Crippen LogP contribution in [-0.4, -0.2) is 35.6 Å². The Balaban J connectivity index is 1.96. The van der Waals surface area contributed by atoms with E-state index in [2.05, 4.69) is 42.2 Å². The molecule has 1 aromatic carbocycles. The number of amides is 1. The van der Waals surface area contributed by atoms with E-state index in [1.54, 1.807) is 0 Å². The van der Waals surface area contributed by atoms with E-state index < -0.39 is 0 Å². The molecule has 1 aliphatic rings. The average molecular weight is 346 g/mol. The van der Waals surface area contributed by atoms with Gasteiger partial charge in [-0.15, -0.1) is 0 Å². The van der Waals surface area contributed by atoms with Crippen LogP contribution in [0.2, 0.25) is 0 Å². The Morgan fingerprint density at radius 3 is 2.60 bits per heavy atom. The lowest BCUT2D eigenvalue weighted by Gasteiger charge is -2.40. The van der Waals surface area contributed by atoms with Gasteiger partial charge in [0.1, 0.15) is 0 Å². The van der Waals surface area contributed by atoms with Crippen LogP contribution in [0.25, 0.3) is 0 Å². The van der Waals surface area contributed by atoms with Gasteiger partial charge >= 0.3 is 0 Å². The van der Waals surface area contributed by atoms with E-state index in [0.717, 1.165) is 25.8 Å². The maximum atomic E-state index is 12.7. The van der Waals surface area contributed by atoms with Crippen molar-refractivity contribution in [1.29, 1.82) is 0 Å². The molecule has 1 amide bonds. The Morgan fingerprint density at radius 1 is 1.24 bits per heavy atom. The van der Waals surface area contributed by atoms with Crippen LogP contribution in [-0.2, 0) is 9.53 Å². The van der Waals surface area contributed by atoms with Crippen molar-refractivity contribution in [2.75, 3.05) is 13.2 Å². The number of carbonyl (C=O) groups excluding carboxylic acids is 1. The molecule has 2 rings (SSSR count). The second kappa shape index (κ2) is 9.38. The number of ether oxygens (including phenoxy) is 1. The fourth-order valence-corrected chi connectivity index (χ4v) is 3.71. The van der Waals surface area contributed by atoms with Crippen LogP contribution in [0.3, 0.4) is 0 Å². The lowest BCUT2D eigenvalue weighted by molar-refractivity contribution is -0.137. The maximum absolute atomic E-state index is 12.7. The highest BCUT2D eigenvalue weighted by Crippen LogP contribution is 2.33. The van der Waals surface area contributed by atoms with Crippen molar-refractivity contribution in [3.05, 3.63) is 35.9 Å². The molecule has 1 aliphatic heterocycles. The highest BCUT2D eigenvalue weighted by atomic mass is 16.5. The van der Waals surface area contributed by atoms with Crippen LogP contribution in [0, 0.1) is 0 Å². The minimum Gasteiger partial charge on any atom is -0.375 e. The highest BCUT2D eigenvalue weighted by molar-refractivity contribution is 5.76. The van der Waals surface area contributed by atoms with Crippen LogP contribution in [0.15, 0.2) is 30.3 Å². The number of piperidine rings is 1. The quantitative estimate of drug-likeness (QED) is 0.683. The lowest BCUT2D eigenvalue weighted by atomic mass is 9.83. The van der Waals surface area contributed by atoms with E-state index in [1.165, 1.54) is 18.4 Å². The summed E-state index contributed by atoms with van der Waals surface area (Å²) >= 11 is 0. The van der Waals surface area contributed by atoms with Crippen molar-refractivity contribution < 1.29 is 9.53 Å². The van der Waals surface area contributed by atoms with E-state index in [4.69, 9.17) is 4.74 Å². The second-order valence-electron chi connectivity index (χ2n) is 8.23. The normalized spacial score (nSPS) is 21.4. The van der Waals surface area contributed by atoms with Crippen LogP contribution in [0.1, 0.15) is 77.7 Å². The van der Waals surface area contributed by atoms with Gasteiger partial charge in [-0.3, -0.25) is 4.79 Å². The maximum Gasteiger partial charge on any atom is 0.225 e. The van der Waals surface area contributed by atoms with Crippen LogP contribution < -0.4 is 0 Å². The van der Waals surface area contributed by atoms with Crippen molar-refractivity contribution >= 4 is 5.91 Å². The minimum absolute atomic E-state index is 0.178. The van der Waals surface area contributed by atoms with Gasteiger partial charge in [-0.05, 0) is 51.5 Å². The third kappa shape index (κ3) is 6.47. The topological polar surface area (TPSA) is 29.5 Å². The molecule has 1 saturated heterocycles. The summed E-state index contributed by atoms with van der Waals surface area (Å²) < 4.78 is 5.75. The molecule has 2 atom stereocenters. The number of hydrogen-bond acceptors (Lipinski definition) is 2. The summed E-state index contributed by atoms with van der Waals surface area (Å²) in [5, 5.41) is 0. The zero-order valence-electron chi connectivity index (χ0n) is 16.5. The Labute approximate surface area is 153 Å². The van der Waals surface area contributed by atoms with Gasteiger partial charge in [0, 0.05) is 12.6 Å². The molecule has 1 aromatic rings. The monoisotopic (exact) mass is 345 g/mol. The summed E-state index contributed by atoms with van der Waals surface area (Å²) in [6.45, 7) is 9.72. The molecule has 140 valence electrons. The Hall–Kier alpha value is -1.35. The van der Waals surface area contributed by atoms with Crippen LogP contribution in [0.5, 0.6) is 0 Å². The standard InChI is InChI=1S/C22H35NO2/c1-5-6-12-20-17-19(18-10-8-7-9-11-18)13-15-23(20)21(24)14-16-25-22(2,3)4/h7-11,19-20H,5-6,12-17H2,1-4H3. The van der Waals surface area contributed by atoms with Gasteiger partial charge in [-0.1, -0.05) is 50.1 Å². The first kappa shape index (κ1) is 20.0. The molecule has 0 bridgehead atoms. The molecule has 2 unspecified atom stereocenters. The minimum atomic E-state index is -0.178. The van der Waals surface area contributed by atoms with Crippen molar-refractivity contribution in [2.45, 2.75) is 83.8 Å². The van der Waals surface area contributed by atoms with Crippen molar-refractivity contribution in [3.8, 4) is 0 Å². The number of hydrogen-bond donors (Lipinski definition) is 0. The molecule has 0 aliphatic carbocycles. The van der Waals surface area contributed by atoms with E-state index >= 15 is 0 Å². The molecule has 1 fully saturated rings. The molecule has 3 nitrogen and oxygen atoms in total. The Morgan fingerprint density at radius 2 is 1.96 bits per heavy atom. The van der Waals surface area contributed by atoms with Crippen LogP contribution in [0.4, 0.5) is 0 Å². The SMILES string of the molecule is CCCCC1CC(c2ccccc2)CCN1C(=O)CCOC(C)(C)C. The van der Waals surface area contributed by atoms with Crippen LogP contribution >= 0.6 is 0 Å². The fraction of sp³-hybridized carbons (Fsp3) is 0.682. The summed E-state index contributed by atoms with van der Waals surface area (Å²) in [6.07, 6.45) is 6.14. The molecule has 1 heterocycles. The fourth-order valence-electron chi connectivity index (χ4n) is 3.71. The van der Waals surface area contributed by atoms with Gasteiger partial charge < -0.3 is 9.64 Å². The predicted molar refractivity (Wildman–Crippen MR) is 104 cm³/mol. The second-order valence-corrected chi connectivity index (χ2v) is 8.23. The number of carbonyl (C=O) groups is 1. The molecule has 0 saturated carbocycles. The van der Waals surface area contributed by atoms with E-state index in [0.29, 0.717) is 25.0 Å². The molecule has 25 heavy (non-hydrogen) atoms. The predicted octanol–water partition coefficient (Wildman–Crippen LogP) is 5.16. The van der Waals surface area contributed by atoms with E-state index in [1.807, 2.05) is 20.8 Å². The summed E-state index contributed by atoms with van der Waals surface area (Å²) in [5.74, 6) is 0.842. The molecule has 0 spiro atoms.